The van der Waals surface area contributed by atoms with E-state index in [1.807, 2.05) is 30.3 Å². The van der Waals surface area contributed by atoms with Crippen LogP contribution < -0.4 is 15.6 Å². The number of benzene rings is 3. The van der Waals surface area contributed by atoms with Crippen LogP contribution >= 0.6 is 11.3 Å². The van der Waals surface area contributed by atoms with E-state index in [0.717, 1.165) is 26.8 Å². The highest BCUT2D eigenvalue weighted by atomic mass is 32.1. The van der Waals surface area contributed by atoms with Gasteiger partial charge in [0.2, 0.25) is 0 Å². The number of nitrogens with one attached hydrogen (secondary N) is 1. The first-order chi connectivity index (χ1) is 17.5. The molecule has 0 fully saturated rings. The number of hydrogen-bond donors (Lipinski definition) is 1. The van der Waals surface area contributed by atoms with Crippen molar-refractivity contribution in [2.24, 2.45) is 0 Å². The Labute approximate surface area is 209 Å². The lowest BCUT2D eigenvalue weighted by molar-refractivity contribution is 0.0520. The summed E-state index contributed by atoms with van der Waals surface area (Å²) in [6.45, 7) is 1.84. The average Bonchev–Trinajstić information content (AvgIpc) is 3.32. The minimum atomic E-state index is -0.663. The van der Waals surface area contributed by atoms with Gasteiger partial charge in [0.1, 0.15) is 10.8 Å². The molecule has 0 spiro atoms. The molecule has 5 rings (SSSR count). The summed E-state index contributed by atoms with van der Waals surface area (Å²) in [7, 11) is 1.52. The Morgan fingerprint density at radius 1 is 1.03 bits per heavy atom. The molecule has 2 heterocycles. The third-order valence-electron chi connectivity index (χ3n) is 5.66. The Kier molecular flexibility index (Phi) is 6.22. The summed E-state index contributed by atoms with van der Waals surface area (Å²) in [6.07, 6.45) is 0. The van der Waals surface area contributed by atoms with Crippen molar-refractivity contribution in [2.45, 2.75) is 6.92 Å². The molecule has 0 saturated heterocycles. The summed E-state index contributed by atoms with van der Waals surface area (Å²) in [4.78, 5) is 39.5. The highest BCUT2D eigenvalue weighted by Gasteiger charge is 2.23. The predicted octanol–water partition coefficient (Wildman–Crippen LogP) is 5.04. The van der Waals surface area contributed by atoms with Crippen LogP contribution in [0.4, 0.5) is 5.00 Å². The van der Waals surface area contributed by atoms with Crippen LogP contribution in [-0.2, 0) is 4.74 Å². The lowest BCUT2D eigenvalue weighted by Gasteiger charge is -2.11. The van der Waals surface area contributed by atoms with Crippen molar-refractivity contribution in [1.82, 2.24) is 9.78 Å². The first-order valence-electron chi connectivity index (χ1n) is 11.2. The third-order valence-corrected chi connectivity index (χ3v) is 6.55. The Bertz CT molecular complexity index is 1690. The first kappa shape index (κ1) is 23.3. The molecule has 8 nitrogen and oxygen atoms in total. The van der Waals surface area contributed by atoms with Crippen molar-refractivity contribution in [1.29, 1.82) is 0 Å². The van der Waals surface area contributed by atoms with Gasteiger partial charge in [-0.15, -0.1) is 11.3 Å². The maximum atomic E-state index is 13.6. The van der Waals surface area contributed by atoms with Crippen LogP contribution in [-0.4, -0.2) is 35.4 Å². The van der Waals surface area contributed by atoms with Crippen LogP contribution in [0.1, 0.15) is 27.8 Å². The van der Waals surface area contributed by atoms with E-state index in [2.05, 4.69) is 10.4 Å². The van der Waals surface area contributed by atoms with E-state index < -0.39 is 11.5 Å². The lowest BCUT2D eigenvalue weighted by Crippen LogP contribution is -2.25. The molecule has 0 unspecified atom stereocenters. The van der Waals surface area contributed by atoms with Crippen molar-refractivity contribution in [2.75, 3.05) is 19.0 Å². The van der Waals surface area contributed by atoms with Gasteiger partial charge in [-0.1, -0.05) is 36.4 Å². The second-order valence-corrected chi connectivity index (χ2v) is 8.74. The van der Waals surface area contributed by atoms with Crippen LogP contribution in [0.2, 0.25) is 0 Å². The lowest BCUT2D eigenvalue weighted by atomic mass is 10.1. The summed E-state index contributed by atoms with van der Waals surface area (Å²) < 4.78 is 11.6. The molecule has 0 atom stereocenters. The van der Waals surface area contributed by atoms with E-state index in [1.165, 1.54) is 7.11 Å². The molecular formula is C27H21N3O5S. The van der Waals surface area contributed by atoms with Crippen LogP contribution in [0.3, 0.4) is 0 Å². The number of hydrogen-bond acceptors (Lipinski definition) is 7. The zero-order chi connectivity index (χ0) is 25.2. The fourth-order valence-corrected chi connectivity index (χ4v) is 4.85. The molecule has 2 aromatic heterocycles. The summed E-state index contributed by atoms with van der Waals surface area (Å²) in [6, 6.07) is 19.9. The summed E-state index contributed by atoms with van der Waals surface area (Å²) in [5.41, 5.74) is 0.353. The fourth-order valence-electron chi connectivity index (χ4n) is 3.91. The third kappa shape index (κ3) is 4.20. The second kappa shape index (κ2) is 9.63. The Morgan fingerprint density at radius 3 is 2.61 bits per heavy atom. The number of rotatable bonds is 6. The molecule has 0 radical (unpaired) electrons. The van der Waals surface area contributed by atoms with Crippen molar-refractivity contribution in [3.05, 3.63) is 93.7 Å². The van der Waals surface area contributed by atoms with E-state index in [-0.39, 0.29) is 23.6 Å². The smallest absolute Gasteiger partial charge is 0.359 e. The molecule has 1 N–H and O–H groups in total. The number of carbonyl (C=O) groups excluding carboxylic acids is 2. The van der Waals surface area contributed by atoms with Gasteiger partial charge in [0, 0.05) is 22.4 Å². The molecule has 0 aliphatic heterocycles. The highest BCUT2D eigenvalue weighted by molar-refractivity contribution is 7.16. The quantitative estimate of drug-likeness (QED) is 0.329. The molecule has 0 saturated carbocycles. The van der Waals surface area contributed by atoms with Gasteiger partial charge in [-0.2, -0.15) is 9.78 Å². The SMILES string of the molecule is CCOC(=O)c1nn(-c2cccc(OC)c2)c(=O)c2c(NC(=O)c3ccc4ccccc4c3)scc12. The minimum Gasteiger partial charge on any atom is -0.497 e. The van der Waals surface area contributed by atoms with E-state index in [4.69, 9.17) is 9.47 Å². The van der Waals surface area contributed by atoms with Crippen molar-refractivity contribution in [3.63, 3.8) is 0 Å². The van der Waals surface area contributed by atoms with Crippen LogP contribution in [0.15, 0.2) is 76.9 Å². The molecule has 36 heavy (non-hydrogen) atoms. The molecule has 5 aromatic rings. The zero-order valence-electron chi connectivity index (χ0n) is 19.5. The molecule has 9 heteroatoms. The van der Waals surface area contributed by atoms with Gasteiger partial charge in [0.25, 0.3) is 11.5 Å². The van der Waals surface area contributed by atoms with Gasteiger partial charge in [-0.05, 0) is 42.0 Å². The number of methoxy groups -OCH3 is 1. The number of nitrogens with zero attached hydrogens (tertiary/aromatic N) is 2. The number of esters is 1. The summed E-state index contributed by atoms with van der Waals surface area (Å²) in [5, 5.41) is 11.5. The van der Waals surface area contributed by atoms with E-state index in [1.54, 1.807) is 48.7 Å². The normalized spacial score (nSPS) is 10.9. The number of aromatic nitrogens is 2. The number of anilines is 1. The van der Waals surface area contributed by atoms with E-state index in [9.17, 15) is 14.4 Å². The molecule has 0 aliphatic carbocycles. The molecule has 0 bridgehead atoms. The van der Waals surface area contributed by atoms with Gasteiger partial charge < -0.3 is 14.8 Å². The zero-order valence-corrected chi connectivity index (χ0v) is 20.3. The largest absolute Gasteiger partial charge is 0.497 e. The van der Waals surface area contributed by atoms with Gasteiger partial charge in [0.15, 0.2) is 5.69 Å². The van der Waals surface area contributed by atoms with Crippen molar-refractivity contribution in [3.8, 4) is 11.4 Å². The molecule has 3 aromatic carbocycles. The predicted molar refractivity (Wildman–Crippen MR) is 140 cm³/mol. The molecule has 180 valence electrons. The van der Waals surface area contributed by atoms with E-state index >= 15 is 0 Å². The number of fused-ring (bicyclic) bond motifs is 2. The van der Waals surface area contributed by atoms with Crippen LogP contribution in [0.5, 0.6) is 5.75 Å². The number of carbonyl (C=O) groups is 2. The Hall–Kier alpha value is -4.50. The van der Waals surface area contributed by atoms with E-state index in [0.29, 0.717) is 27.4 Å². The maximum absolute atomic E-state index is 13.6. The number of ether oxygens (including phenoxy) is 2. The summed E-state index contributed by atoms with van der Waals surface area (Å²) >= 11 is 1.15. The van der Waals surface area contributed by atoms with Gasteiger partial charge in [-0.3, -0.25) is 9.59 Å². The van der Waals surface area contributed by atoms with Gasteiger partial charge in [0.05, 0.1) is 24.8 Å². The maximum Gasteiger partial charge on any atom is 0.359 e. The van der Waals surface area contributed by atoms with Gasteiger partial charge in [-0.25, -0.2) is 4.79 Å². The van der Waals surface area contributed by atoms with Crippen LogP contribution in [0.25, 0.3) is 27.2 Å². The average molecular weight is 500 g/mol. The highest BCUT2D eigenvalue weighted by Crippen LogP contribution is 2.31. The summed E-state index contributed by atoms with van der Waals surface area (Å²) in [5.74, 6) is -0.509. The fraction of sp³-hybridized carbons (Fsp3) is 0.111. The molecule has 0 aliphatic rings. The van der Waals surface area contributed by atoms with Gasteiger partial charge >= 0.3 is 5.97 Å². The number of amides is 1. The topological polar surface area (TPSA) is 99.5 Å². The van der Waals surface area contributed by atoms with Crippen molar-refractivity contribution < 1.29 is 19.1 Å². The molecular weight excluding hydrogens is 478 g/mol. The number of thiophene rings is 1. The Balaban J connectivity index is 1.63. The van der Waals surface area contributed by atoms with Crippen molar-refractivity contribution >= 4 is 49.8 Å². The standard InChI is InChI=1S/C27H21N3O5S/c1-3-35-27(33)23-21-15-36-25(28-24(31)18-12-11-16-7-4-5-8-17(16)13-18)22(21)26(32)30(29-23)19-9-6-10-20(14-19)34-2/h4-15H,3H2,1-2H3,(H,28,31). The monoisotopic (exact) mass is 499 g/mol. The second-order valence-electron chi connectivity index (χ2n) is 7.86. The first-order valence-corrected chi connectivity index (χ1v) is 12.0. The minimum absolute atomic E-state index is 0.0169. The molecule has 1 amide bonds. The van der Waals surface area contributed by atoms with Crippen LogP contribution in [0, 0.1) is 0 Å². The Morgan fingerprint density at radius 2 is 1.83 bits per heavy atom.